The van der Waals surface area contributed by atoms with Gasteiger partial charge in [-0.2, -0.15) is 0 Å². The summed E-state index contributed by atoms with van der Waals surface area (Å²) in [6, 6.07) is 0.550. The van der Waals surface area contributed by atoms with Gasteiger partial charge >= 0.3 is 6.36 Å². The minimum Gasteiger partial charge on any atom is -0.482 e. The zero-order valence-corrected chi connectivity index (χ0v) is 9.55. The highest BCUT2D eigenvalue weighted by molar-refractivity contribution is 7.89. The molecule has 3 N–H and O–H groups in total. The Morgan fingerprint density at radius 1 is 1.39 bits per heavy atom. The Labute approximate surface area is 98.4 Å². The van der Waals surface area contributed by atoms with Crippen molar-refractivity contribution in [3.05, 3.63) is 16.4 Å². The summed E-state index contributed by atoms with van der Waals surface area (Å²) in [4.78, 5) is 11.9. The van der Waals surface area contributed by atoms with E-state index in [1.165, 1.54) is 0 Å². The van der Waals surface area contributed by atoms with E-state index in [0.717, 1.165) is 7.11 Å². The number of H-pyrrole nitrogens is 1. The van der Waals surface area contributed by atoms with Gasteiger partial charge in [-0.3, -0.25) is 9.78 Å². The molecule has 0 bridgehead atoms. The van der Waals surface area contributed by atoms with Crippen molar-refractivity contribution in [3.63, 3.8) is 0 Å². The molecule has 0 amide bonds. The first kappa shape index (κ1) is 14.3. The minimum absolute atomic E-state index is 0.411. The first-order valence-corrected chi connectivity index (χ1v) is 5.69. The molecule has 0 unspecified atom stereocenters. The largest absolute Gasteiger partial charge is 0.573 e. The number of methoxy groups -OCH3 is 1. The first-order valence-electron chi connectivity index (χ1n) is 4.14. The fourth-order valence-corrected chi connectivity index (χ4v) is 1.77. The number of sulfonamides is 1. The molecule has 0 aliphatic heterocycles. The van der Waals surface area contributed by atoms with Crippen LogP contribution in [0.4, 0.5) is 13.2 Å². The first-order chi connectivity index (χ1) is 8.04. The fourth-order valence-electron chi connectivity index (χ4n) is 1.08. The van der Waals surface area contributed by atoms with Crippen molar-refractivity contribution in [3.8, 4) is 11.6 Å². The Balaban J connectivity index is 3.55. The van der Waals surface area contributed by atoms with Crippen LogP contribution in [-0.4, -0.2) is 26.9 Å². The van der Waals surface area contributed by atoms with E-state index in [2.05, 4.69) is 14.6 Å². The monoisotopic (exact) mass is 288 g/mol. The normalized spacial score (nSPS) is 12.3. The number of hydrogen-bond donors (Lipinski definition) is 2. The number of aromatic amines is 1. The predicted molar refractivity (Wildman–Crippen MR) is 51.7 cm³/mol. The molecular formula is C7H7F3N2O5S. The molecule has 0 saturated heterocycles. The lowest BCUT2D eigenvalue weighted by Gasteiger charge is -2.12. The van der Waals surface area contributed by atoms with Crippen LogP contribution >= 0.6 is 0 Å². The Bertz CT molecular complexity index is 606. The number of alkyl halides is 3. The molecule has 0 saturated carbocycles. The van der Waals surface area contributed by atoms with E-state index in [1.807, 2.05) is 4.98 Å². The summed E-state index contributed by atoms with van der Waals surface area (Å²) >= 11 is 0. The number of hydrogen-bond acceptors (Lipinski definition) is 5. The molecular weight excluding hydrogens is 281 g/mol. The quantitative estimate of drug-likeness (QED) is 0.808. The molecule has 1 aromatic rings. The van der Waals surface area contributed by atoms with Crippen molar-refractivity contribution >= 4 is 10.0 Å². The SMILES string of the molecule is COc1cc(OC(F)(F)F)c(S(N)(=O)=O)c(=O)[nH]1. The third kappa shape index (κ3) is 3.37. The summed E-state index contributed by atoms with van der Waals surface area (Å²) in [5.41, 5.74) is -1.38. The van der Waals surface area contributed by atoms with Gasteiger partial charge < -0.3 is 9.47 Å². The zero-order valence-electron chi connectivity index (χ0n) is 8.74. The molecule has 0 spiro atoms. The lowest BCUT2D eigenvalue weighted by Crippen LogP contribution is -2.27. The zero-order chi connectivity index (χ0) is 14.1. The Morgan fingerprint density at radius 2 is 1.94 bits per heavy atom. The van der Waals surface area contributed by atoms with Crippen LogP contribution in [0.2, 0.25) is 0 Å². The maximum Gasteiger partial charge on any atom is 0.573 e. The van der Waals surface area contributed by atoms with Gasteiger partial charge in [0.15, 0.2) is 16.5 Å². The summed E-state index contributed by atoms with van der Waals surface area (Å²) in [6.07, 6.45) is -5.18. The van der Waals surface area contributed by atoms with Gasteiger partial charge in [-0.15, -0.1) is 13.2 Å². The van der Waals surface area contributed by atoms with Crippen LogP contribution in [-0.2, 0) is 10.0 Å². The average molecular weight is 288 g/mol. The summed E-state index contributed by atoms with van der Waals surface area (Å²) in [7, 11) is -3.63. The molecule has 0 aliphatic carbocycles. The van der Waals surface area contributed by atoms with Gasteiger partial charge in [0.1, 0.15) is 0 Å². The number of nitrogens with one attached hydrogen (secondary N) is 1. The van der Waals surface area contributed by atoms with E-state index >= 15 is 0 Å². The van der Waals surface area contributed by atoms with Crippen LogP contribution in [0.5, 0.6) is 11.6 Å². The molecule has 1 heterocycles. The van der Waals surface area contributed by atoms with E-state index in [4.69, 9.17) is 0 Å². The maximum absolute atomic E-state index is 12.1. The summed E-state index contributed by atoms with van der Waals surface area (Å²) in [5, 5.41) is 4.63. The summed E-state index contributed by atoms with van der Waals surface area (Å²) in [6.45, 7) is 0. The van der Waals surface area contributed by atoms with Crippen LogP contribution in [0.15, 0.2) is 15.8 Å². The van der Waals surface area contributed by atoms with Crippen molar-refractivity contribution in [1.29, 1.82) is 0 Å². The predicted octanol–water partition coefficient (Wildman–Crippen LogP) is -0.0705. The Morgan fingerprint density at radius 3 is 2.33 bits per heavy atom. The van der Waals surface area contributed by atoms with E-state index in [9.17, 15) is 26.4 Å². The minimum atomic E-state index is -5.18. The topological polar surface area (TPSA) is 111 Å². The van der Waals surface area contributed by atoms with Gasteiger partial charge in [0, 0.05) is 6.07 Å². The van der Waals surface area contributed by atoms with Crippen LogP contribution in [0, 0.1) is 0 Å². The lowest BCUT2D eigenvalue weighted by atomic mass is 10.4. The molecule has 0 aromatic carbocycles. The van der Waals surface area contributed by atoms with Crippen LogP contribution < -0.4 is 20.2 Å². The van der Waals surface area contributed by atoms with E-state index in [0.29, 0.717) is 6.07 Å². The Hall–Kier alpha value is -1.75. The molecule has 18 heavy (non-hydrogen) atoms. The number of aromatic nitrogens is 1. The van der Waals surface area contributed by atoms with Crippen LogP contribution in [0.1, 0.15) is 0 Å². The Kier molecular flexibility index (Phi) is 3.57. The van der Waals surface area contributed by atoms with Gasteiger partial charge in [-0.1, -0.05) is 0 Å². The number of nitrogens with two attached hydrogens (primary N) is 1. The van der Waals surface area contributed by atoms with Gasteiger partial charge in [0.05, 0.1) is 7.11 Å². The number of halogens is 3. The molecule has 11 heteroatoms. The second-order valence-electron chi connectivity index (χ2n) is 2.95. The number of rotatable bonds is 3. The van der Waals surface area contributed by atoms with Gasteiger partial charge in [0.2, 0.25) is 10.0 Å². The molecule has 0 aliphatic rings. The van der Waals surface area contributed by atoms with Crippen molar-refractivity contribution in [2.45, 2.75) is 11.3 Å². The highest BCUT2D eigenvalue weighted by Gasteiger charge is 2.35. The van der Waals surface area contributed by atoms with E-state index in [1.54, 1.807) is 0 Å². The third-order valence-corrected chi connectivity index (χ3v) is 2.61. The van der Waals surface area contributed by atoms with E-state index < -0.39 is 38.5 Å². The summed E-state index contributed by atoms with van der Waals surface area (Å²) < 4.78 is 66.2. The van der Waals surface area contributed by atoms with Crippen molar-refractivity contribution < 1.29 is 31.1 Å². The van der Waals surface area contributed by atoms with Gasteiger partial charge in [-0.25, -0.2) is 13.6 Å². The molecule has 102 valence electrons. The molecule has 7 nitrogen and oxygen atoms in total. The molecule has 0 atom stereocenters. The van der Waals surface area contributed by atoms with Gasteiger partial charge in [0.25, 0.3) is 5.56 Å². The highest BCUT2D eigenvalue weighted by atomic mass is 32.2. The smallest absolute Gasteiger partial charge is 0.482 e. The van der Waals surface area contributed by atoms with Crippen molar-refractivity contribution in [2.75, 3.05) is 7.11 Å². The second kappa shape index (κ2) is 4.49. The maximum atomic E-state index is 12.1. The van der Waals surface area contributed by atoms with Crippen molar-refractivity contribution in [2.24, 2.45) is 5.14 Å². The average Bonchev–Trinajstić information content (AvgIpc) is 2.11. The molecule has 0 radical (unpaired) electrons. The molecule has 0 fully saturated rings. The summed E-state index contributed by atoms with van der Waals surface area (Å²) in [5.74, 6) is -1.67. The standard InChI is InChI=1S/C7H7F3N2O5S/c1-16-4-2-3(17-7(8,9)10)5(6(13)12-4)18(11,14)15/h2H,1H3,(H,12,13)(H2,11,14,15). The van der Waals surface area contributed by atoms with Crippen LogP contribution in [0.25, 0.3) is 0 Å². The number of pyridine rings is 1. The second-order valence-corrected chi connectivity index (χ2v) is 4.45. The number of primary sulfonamides is 1. The fraction of sp³-hybridized carbons (Fsp3) is 0.286. The molecule has 1 rings (SSSR count). The highest BCUT2D eigenvalue weighted by Crippen LogP contribution is 2.28. The third-order valence-electron chi connectivity index (χ3n) is 1.66. The number of ether oxygens (including phenoxy) is 2. The van der Waals surface area contributed by atoms with E-state index in [-0.39, 0.29) is 0 Å². The van der Waals surface area contributed by atoms with Crippen LogP contribution in [0.3, 0.4) is 0 Å². The molecule has 1 aromatic heterocycles. The lowest BCUT2D eigenvalue weighted by molar-refractivity contribution is -0.275. The van der Waals surface area contributed by atoms with Gasteiger partial charge in [-0.05, 0) is 0 Å². The van der Waals surface area contributed by atoms with Crippen molar-refractivity contribution in [1.82, 2.24) is 4.98 Å².